The first-order valence-electron chi connectivity index (χ1n) is 5.61. The van der Waals surface area contributed by atoms with Crippen LogP contribution in [0.3, 0.4) is 0 Å². The molecule has 0 saturated heterocycles. The number of phenols is 1. The lowest BCUT2D eigenvalue weighted by Gasteiger charge is -2.05. The molecule has 3 nitrogen and oxygen atoms in total. The van der Waals surface area contributed by atoms with Crippen LogP contribution in [0.25, 0.3) is 0 Å². The summed E-state index contributed by atoms with van der Waals surface area (Å²) in [6, 6.07) is 14.2. The minimum absolute atomic E-state index is 0.0707. The van der Waals surface area contributed by atoms with E-state index in [0.717, 1.165) is 9.37 Å². The monoisotopic (exact) mass is 337 g/mol. The highest BCUT2D eigenvalue weighted by atomic mass is 79.9. The lowest BCUT2D eigenvalue weighted by atomic mass is 10.3. The lowest BCUT2D eigenvalue weighted by molar-refractivity contribution is -0.113. The second-order valence-electron chi connectivity index (χ2n) is 3.84. The molecule has 0 aromatic heterocycles. The summed E-state index contributed by atoms with van der Waals surface area (Å²) in [6.07, 6.45) is 0. The van der Waals surface area contributed by atoms with Crippen molar-refractivity contribution in [2.24, 2.45) is 0 Å². The van der Waals surface area contributed by atoms with Crippen molar-refractivity contribution in [1.29, 1.82) is 0 Å². The van der Waals surface area contributed by atoms with E-state index >= 15 is 0 Å². The molecular formula is C14H12BrNO2S. The van der Waals surface area contributed by atoms with E-state index in [1.165, 1.54) is 23.9 Å². The van der Waals surface area contributed by atoms with Gasteiger partial charge in [-0.2, -0.15) is 0 Å². The van der Waals surface area contributed by atoms with Crippen LogP contribution in [0.15, 0.2) is 57.9 Å². The van der Waals surface area contributed by atoms with Gasteiger partial charge in [0, 0.05) is 15.1 Å². The fourth-order valence-corrected chi connectivity index (χ4v) is 2.38. The van der Waals surface area contributed by atoms with Crippen LogP contribution in [0, 0.1) is 0 Å². The van der Waals surface area contributed by atoms with E-state index in [1.807, 2.05) is 24.3 Å². The lowest BCUT2D eigenvalue weighted by Crippen LogP contribution is -2.13. The van der Waals surface area contributed by atoms with Crippen molar-refractivity contribution in [2.75, 3.05) is 11.1 Å². The highest BCUT2D eigenvalue weighted by molar-refractivity contribution is 9.10. The van der Waals surface area contributed by atoms with Gasteiger partial charge in [0.1, 0.15) is 5.75 Å². The molecule has 0 spiro atoms. The van der Waals surface area contributed by atoms with Gasteiger partial charge in [0.25, 0.3) is 0 Å². The first kappa shape index (κ1) is 14.0. The molecule has 1 amide bonds. The normalized spacial score (nSPS) is 10.2. The van der Waals surface area contributed by atoms with Crippen LogP contribution >= 0.6 is 27.7 Å². The molecule has 0 unspecified atom stereocenters. The second kappa shape index (κ2) is 6.63. The van der Waals surface area contributed by atoms with Crippen LogP contribution in [-0.2, 0) is 4.79 Å². The Morgan fingerprint density at radius 3 is 2.37 bits per heavy atom. The van der Waals surface area contributed by atoms with Crippen molar-refractivity contribution in [2.45, 2.75) is 4.90 Å². The minimum Gasteiger partial charge on any atom is -0.508 e. The molecule has 0 radical (unpaired) electrons. The maximum atomic E-state index is 11.7. The Labute approximate surface area is 124 Å². The zero-order valence-electron chi connectivity index (χ0n) is 9.97. The average Bonchev–Trinajstić information content (AvgIpc) is 2.41. The topological polar surface area (TPSA) is 49.3 Å². The average molecular weight is 338 g/mol. The molecule has 5 heteroatoms. The number of phenolic OH excluding ortho intramolecular Hbond substituents is 1. The van der Waals surface area contributed by atoms with E-state index in [2.05, 4.69) is 21.2 Å². The zero-order chi connectivity index (χ0) is 13.7. The van der Waals surface area contributed by atoms with Gasteiger partial charge in [-0.25, -0.2) is 0 Å². The number of carbonyl (C=O) groups excluding carboxylic acids is 1. The third-order valence-electron chi connectivity index (χ3n) is 2.33. The number of nitrogens with one attached hydrogen (secondary N) is 1. The fourth-order valence-electron chi connectivity index (χ4n) is 1.42. The molecule has 2 N–H and O–H groups in total. The second-order valence-corrected chi connectivity index (χ2v) is 5.80. The number of hydrogen-bond donors (Lipinski definition) is 2. The van der Waals surface area contributed by atoms with Crippen molar-refractivity contribution >= 4 is 39.3 Å². The summed E-state index contributed by atoms with van der Waals surface area (Å²) in [7, 11) is 0. The maximum absolute atomic E-state index is 11.7. The number of carbonyl (C=O) groups is 1. The Bertz CT molecular complexity index is 555. The third kappa shape index (κ3) is 4.61. The Morgan fingerprint density at radius 1 is 1.11 bits per heavy atom. The summed E-state index contributed by atoms with van der Waals surface area (Å²) < 4.78 is 1.02. The largest absolute Gasteiger partial charge is 0.508 e. The molecule has 19 heavy (non-hydrogen) atoms. The molecule has 0 atom stereocenters. The minimum atomic E-state index is -0.0707. The highest BCUT2D eigenvalue weighted by Crippen LogP contribution is 2.21. The van der Waals surface area contributed by atoms with Gasteiger partial charge in [0.2, 0.25) is 5.91 Å². The molecule has 0 bridgehead atoms. The van der Waals surface area contributed by atoms with Gasteiger partial charge in [-0.05, 0) is 48.5 Å². The van der Waals surface area contributed by atoms with Crippen molar-refractivity contribution in [3.8, 4) is 5.75 Å². The summed E-state index contributed by atoms with van der Waals surface area (Å²) in [4.78, 5) is 12.8. The number of aromatic hydroxyl groups is 1. The Hall–Kier alpha value is -1.46. The van der Waals surface area contributed by atoms with Crippen LogP contribution < -0.4 is 5.32 Å². The van der Waals surface area contributed by atoms with Crippen LogP contribution in [0.2, 0.25) is 0 Å². The third-order valence-corrected chi connectivity index (χ3v) is 3.88. The smallest absolute Gasteiger partial charge is 0.234 e. The molecular weight excluding hydrogens is 326 g/mol. The van der Waals surface area contributed by atoms with Gasteiger partial charge in [0.15, 0.2) is 0 Å². The molecule has 98 valence electrons. The van der Waals surface area contributed by atoms with Gasteiger partial charge in [0.05, 0.1) is 5.75 Å². The van der Waals surface area contributed by atoms with E-state index in [1.54, 1.807) is 12.1 Å². The predicted octanol–water partition coefficient (Wildman–Crippen LogP) is 3.89. The zero-order valence-corrected chi connectivity index (χ0v) is 12.4. The standard InChI is InChI=1S/C14H12BrNO2S/c15-10-1-7-13(8-2-10)19-9-14(18)16-11-3-5-12(17)6-4-11/h1-8,17H,9H2,(H,16,18). The summed E-state index contributed by atoms with van der Waals surface area (Å²) >= 11 is 4.84. The van der Waals surface area contributed by atoms with Gasteiger partial charge < -0.3 is 10.4 Å². The Balaban J connectivity index is 1.84. The number of halogens is 1. The molecule has 0 fully saturated rings. The van der Waals surface area contributed by atoms with Crippen LogP contribution in [-0.4, -0.2) is 16.8 Å². The quantitative estimate of drug-likeness (QED) is 0.657. The molecule has 0 aliphatic heterocycles. The summed E-state index contributed by atoms with van der Waals surface area (Å²) in [6.45, 7) is 0. The first-order chi connectivity index (χ1) is 9.13. The molecule has 2 aromatic carbocycles. The van der Waals surface area contributed by atoms with Crippen molar-refractivity contribution in [1.82, 2.24) is 0 Å². The summed E-state index contributed by atoms with van der Waals surface area (Å²) in [5.74, 6) is 0.462. The van der Waals surface area contributed by atoms with Crippen LogP contribution in [0.1, 0.15) is 0 Å². The van der Waals surface area contributed by atoms with Crippen molar-refractivity contribution in [3.63, 3.8) is 0 Å². The summed E-state index contributed by atoms with van der Waals surface area (Å²) in [5.41, 5.74) is 0.680. The van der Waals surface area contributed by atoms with Gasteiger partial charge in [-0.1, -0.05) is 15.9 Å². The Morgan fingerprint density at radius 2 is 1.74 bits per heavy atom. The molecule has 0 saturated carbocycles. The fraction of sp³-hybridized carbons (Fsp3) is 0.0714. The molecule has 0 heterocycles. The highest BCUT2D eigenvalue weighted by Gasteiger charge is 2.03. The van der Waals surface area contributed by atoms with Crippen molar-refractivity contribution in [3.05, 3.63) is 53.0 Å². The van der Waals surface area contributed by atoms with Gasteiger partial charge >= 0.3 is 0 Å². The number of thioether (sulfide) groups is 1. The number of amides is 1. The predicted molar refractivity (Wildman–Crippen MR) is 81.6 cm³/mol. The van der Waals surface area contributed by atoms with E-state index in [0.29, 0.717) is 11.4 Å². The SMILES string of the molecule is O=C(CSc1ccc(Br)cc1)Nc1ccc(O)cc1. The maximum Gasteiger partial charge on any atom is 0.234 e. The first-order valence-corrected chi connectivity index (χ1v) is 7.38. The number of anilines is 1. The number of benzene rings is 2. The molecule has 2 rings (SSSR count). The summed E-state index contributed by atoms with van der Waals surface area (Å²) in [5, 5.41) is 11.9. The van der Waals surface area contributed by atoms with E-state index in [9.17, 15) is 4.79 Å². The number of rotatable bonds is 4. The molecule has 0 aliphatic carbocycles. The van der Waals surface area contributed by atoms with E-state index < -0.39 is 0 Å². The van der Waals surface area contributed by atoms with Gasteiger partial charge in [-0.15, -0.1) is 11.8 Å². The van der Waals surface area contributed by atoms with Crippen molar-refractivity contribution < 1.29 is 9.90 Å². The number of hydrogen-bond acceptors (Lipinski definition) is 3. The van der Waals surface area contributed by atoms with Crippen LogP contribution in [0.5, 0.6) is 5.75 Å². The van der Waals surface area contributed by atoms with Crippen LogP contribution in [0.4, 0.5) is 5.69 Å². The molecule has 2 aromatic rings. The van der Waals surface area contributed by atoms with E-state index in [4.69, 9.17) is 5.11 Å². The van der Waals surface area contributed by atoms with E-state index in [-0.39, 0.29) is 11.7 Å². The molecule has 0 aliphatic rings. The Kier molecular flexibility index (Phi) is 4.87. The van der Waals surface area contributed by atoms with Gasteiger partial charge in [-0.3, -0.25) is 4.79 Å².